The lowest BCUT2D eigenvalue weighted by Gasteiger charge is -2.16. The maximum atomic E-state index is 12.1. The van der Waals surface area contributed by atoms with E-state index in [-0.39, 0.29) is 11.9 Å². The van der Waals surface area contributed by atoms with Gasteiger partial charge in [-0.1, -0.05) is 17.7 Å². The lowest BCUT2D eigenvalue weighted by molar-refractivity contribution is -0.130. The van der Waals surface area contributed by atoms with Gasteiger partial charge in [-0.2, -0.15) is 11.8 Å². The highest BCUT2D eigenvalue weighted by Gasteiger charge is 2.43. The van der Waals surface area contributed by atoms with Crippen LogP contribution in [0.4, 0.5) is 4.79 Å². The number of amides is 3. The number of hydrogen-bond donors (Lipinski definition) is 1. The minimum Gasteiger partial charge on any atom is -0.324 e. The van der Waals surface area contributed by atoms with Gasteiger partial charge in [-0.25, -0.2) is 4.79 Å². The standard InChI is InChI=1S/C18H26N2O2S/c1-12-9-13(2)15(14(3)10-12)11-23-8-6-7-20-16(21)18(4,5)19-17(20)22/h9-10H,6-8,11H2,1-5H3,(H,19,22). The summed E-state index contributed by atoms with van der Waals surface area (Å²) in [6.07, 6.45) is 0.823. The zero-order valence-corrected chi connectivity index (χ0v) is 15.5. The van der Waals surface area contributed by atoms with Gasteiger partial charge < -0.3 is 5.32 Å². The van der Waals surface area contributed by atoms with E-state index in [4.69, 9.17) is 0 Å². The first kappa shape index (κ1) is 17.9. The van der Waals surface area contributed by atoms with Crippen LogP contribution in [0.2, 0.25) is 0 Å². The Morgan fingerprint density at radius 3 is 2.26 bits per heavy atom. The summed E-state index contributed by atoms with van der Waals surface area (Å²) in [5.74, 6) is 1.78. The Bertz CT molecular complexity index is 602. The summed E-state index contributed by atoms with van der Waals surface area (Å²) in [6, 6.07) is 4.17. The quantitative estimate of drug-likeness (QED) is 0.639. The first-order chi connectivity index (χ1) is 10.7. The van der Waals surface area contributed by atoms with E-state index in [1.54, 1.807) is 13.8 Å². The number of nitrogens with one attached hydrogen (secondary N) is 1. The molecule has 1 saturated heterocycles. The molecule has 0 saturated carbocycles. The second-order valence-corrected chi connectivity index (χ2v) is 7.90. The van der Waals surface area contributed by atoms with Crippen LogP contribution in [-0.2, 0) is 10.5 Å². The van der Waals surface area contributed by atoms with Crippen molar-refractivity contribution in [2.24, 2.45) is 0 Å². The Hall–Kier alpha value is -1.49. The van der Waals surface area contributed by atoms with Crippen LogP contribution in [0.3, 0.4) is 0 Å². The summed E-state index contributed by atoms with van der Waals surface area (Å²) in [5, 5.41) is 2.71. The van der Waals surface area contributed by atoms with E-state index in [1.807, 2.05) is 11.8 Å². The monoisotopic (exact) mass is 334 g/mol. The van der Waals surface area contributed by atoms with Gasteiger partial charge in [0.2, 0.25) is 0 Å². The van der Waals surface area contributed by atoms with Gasteiger partial charge in [-0.15, -0.1) is 0 Å². The van der Waals surface area contributed by atoms with E-state index in [9.17, 15) is 9.59 Å². The van der Waals surface area contributed by atoms with Crippen molar-refractivity contribution >= 4 is 23.7 Å². The molecule has 126 valence electrons. The molecule has 1 N–H and O–H groups in total. The van der Waals surface area contributed by atoms with E-state index in [0.717, 1.165) is 17.9 Å². The predicted molar refractivity (Wildman–Crippen MR) is 95.8 cm³/mol. The van der Waals surface area contributed by atoms with Gasteiger partial charge in [0.25, 0.3) is 5.91 Å². The molecule has 0 aromatic heterocycles. The van der Waals surface area contributed by atoms with Crippen molar-refractivity contribution in [2.45, 2.75) is 52.3 Å². The number of benzene rings is 1. The van der Waals surface area contributed by atoms with E-state index in [2.05, 4.69) is 38.2 Å². The number of rotatable bonds is 6. The second kappa shape index (κ2) is 6.95. The molecular formula is C18H26N2O2S. The molecule has 23 heavy (non-hydrogen) atoms. The van der Waals surface area contributed by atoms with Gasteiger partial charge in [0.15, 0.2) is 0 Å². The number of aryl methyl sites for hydroxylation is 3. The summed E-state index contributed by atoms with van der Waals surface area (Å²) >= 11 is 1.86. The summed E-state index contributed by atoms with van der Waals surface area (Å²) in [5.41, 5.74) is 4.61. The minimum atomic E-state index is -0.764. The molecule has 1 aromatic carbocycles. The molecule has 1 aliphatic heterocycles. The van der Waals surface area contributed by atoms with Crippen LogP contribution in [0, 0.1) is 20.8 Å². The lowest BCUT2D eigenvalue weighted by atomic mass is 10.0. The molecule has 1 heterocycles. The maximum absolute atomic E-state index is 12.1. The number of carbonyl (C=O) groups is 2. The SMILES string of the molecule is Cc1cc(C)c(CSCCCN2C(=O)NC(C)(C)C2=O)c(C)c1. The van der Waals surface area contributed by atoms with Crippen LogP contribution in [0.25, 0.3) is 0 Å². The molecule has 0 atom stereocenters. The largest absolute Gasteiger partial charge is 0.325 e. The molecular weight excluding hydrogens is 308 g/mol. The Morgan fingerprint density at radius 1 is 1.13 bits per heavy atom. The van der Waals surface area contributed by atoms with Gasteiger partial charge in [-0.05, 0) is 63.5 Å². The molecule has 4 nitrogen and oxygen atoms in total. The molecule has 0 bridgehead atoms. The molecule has 0 radical (unpaired) electrons. The molecule has 0 aliphatic carbocycles. The van der Waals surface area contributed by atoms with Crippen molar-refractivity contribution in [1.29, 1.82) is 0 Å². The topological polar surface area (TPSA) is 49.4 Å². The normalized spacial score (nSPS) is 16.8. The molecule has 1 aliphatic rings. The Morgan fingerprint density at radius 2 is 1.74 bits per heavy atom. The number of imide groups is 1. The highest BCUT2D eigenvalue weighted by atomic mass is 32.2. The first-order valence-corrected chi connectivity index (χ1v) is 9.16. The lowest BCUT2D eigenvalue weighted by Crippen LogP contribution is -2.40. The molecule has 5 heteroatoms. The third kappa shape index (κ3) is 4.08. The maximum Gasteiger partial charge on any atom is 0.325 e. The third-order valence-electron chi connectivity index (χ3n) is 4.20. The summed E-state index contributed by atoms with van der Waals surface area (Å²) in [7, 11) is 0. The molecule has 1 aromatic rings. The van der Waals surface area contributed by atoms with Crippen LogP contribution in [0.1, 0.15) is 42.5 Å². The van der Waals surface area contributed by atoms with Crippen molar-refractivity contribution < 1.29 is 9.59 Å². The van der Waals surface area contributed by atoms with Crippen LogP contribution >= 0.6 is 11.8 Å². The van der Waals surface area contributed by atoms with Gasteiger partial charge in [0.1, 0.15) is 5.54 Å². The predicted octanol–water partition coefficient (Wildman–Crippen LogP) is 3.57. The fourth-order valence-electron chi connectivity index (χ4n) is 2.96. The number of carbonyl (C=O) groups excluding carboxylic acids is 2. The molecule has 3 amide bonds. The number of hydrogen-bond acceptors (Lipinski definition) is 3. The summed E-state index contributed by atoms with van der Waals surface area (Å²) in [4.78, 5) is 25.2. The van der Waals surface area contributed by atoms with Crippen molar-refractivity contribution in [3.05, 3.63) is 34.4 Å². The van der Waals surface area contributed by atoms with E-state index in [0.29, 0.717) is 6.54 Å². The summed E-state index contributed by atoms with van der Waals surface area (Å²) < 4.78 is 0. The highest BCUT2D eigenvalue weighted by molar-refractivity contribution is 7.98. The van der Waals surface area contributed by atoms with Crippen molar-refractivity contribution in [3.63, 3.8) is 0 Å². The van der Waals surface area contributed by atoms with E-state index in [1.165, 1.54) is 27.2 Å². The van der Waals surface area contributed by atoms with E-state index < -0.39 is 5.54 Å². The Labute approximate surface area is 143 Å². The highest BCUT2D eigenvalue weighted by Crippen LogP contribution is 2.23. The molecule has 1 fully saturated rings. The zero-order valence-electron chi connectivity index (χ0n) is 14.7. The fourth-order valence-corrected chi connectivity index (χ4v) is 4.09. The second-order valence-electron chi connectivity index (χ2n) is 6.80. The minimum absolute atomic E-state index is 0.127. The average molecular weight is 334 g/mol. The zero-order chi connectivity index (χ0) is 17.2. The van der Waals surface area contributed by atoms with Crippen LogP contribution in [0.15, 0.2) is 12.1 Å². The number of urea groups is 1. The fraction of sp³-hybridized carbons (Fsp3) is 0.556. The van der Waals surface area contributed by atoms with Crippen LogP contribution in [-0.4, -0.2) is 34.7 Å². The smallest absolute Gasteiger partial charge is 0.324 e. The van der Waals surface area contributed by atoms with Crippen LogP contribution in [0.5, 0.6) is 0 Å². The van der Waals surface area contributed by atoms with Crippen molar-refractivity contribution in [3.8, 4) is 0 Å². The Kier molecular flexibility index (Phi) is 5.40. The van der Waals surface area contributed by atoms with Gasteiger partial charge >= 0.3 is 6.03 Å². The molecule has 0 spiro atoms. The molecule has 0 unspecified atom stereocenters. The average Bonchev–Trinajstić information content (AvgIpc) is 2.62. The van der Waals surface area contributed by atoms with Gasteiger partial charge in [-0.3, -0.25) is 9.69 Å². The van der Waals surface area contributed by atoms with E-state index >= 15 is 0 Å². The summed E-state index contributed by atoms with van der Waals surface area (Å²) in [6.45, 7) is 10.4. The molecule has 2 rings (SSSR count). The third-order valence-corrected chi connectivity index (χ3v) is 5.27. The van der Waals surface area contributed by atoms with Gasteiger partial charge in [0.05, 0.1) is 0 Å². The van der Waals surface area contributed by atoms with Gasteiger partial charge in [0, 0.05) is 12.3 Å². The van der Waals surface area contributed by atoms with Crippen molar-refractivity contribution in [1.82, 2.24) is 10.2 Å². The van der Waals surface area contributed by atoms with Crippen LogP contribution < -0.4 is 5.32 Å². The first-order valence-electron chi connectivity index (χ1n) is 8.01. The van der Waals surface area contributed by atoms with Crippen molar-refractivity contribution in [2.75, 3.05) is 12.3 Å². The Balaban J connectivity index is 1.79. The number of thioether (sulfide) groups is 1. The number of nitrogens with zero attached hydrogens (tertiary/aromatic N) is 1.